The van der Waals surface area contributed by atoms with Gasteiger partial charge in [0.25, 0.3) is 0 Å². The lowest BCUT2D eigenvalue weighted by Gasteiger charge is -2.40. The van der Waals surface area contributed by atoms with E-state index in [0.29, 0.717) is 12.8 Å². The largest absolute Gasteiger partial charge is 0.481 e. The molecule has 1 heterocycles. The van der Waals surface area contributed by atoms with Crippen LogP contribution < -0.4 is 0 Å². The Bertz CT molecular complexity index is 616. The number of nitrogens with zero attached hydrogens (tertiary/aromatic N) is 1. The highest BCUT2D eigenvalue weighted by molar-refractivity contribution is 5.90. The van der Waals surface area contributed by atoms with Crippen molar-refractivity contribution in [3.05, 3.63) is 35.1 Å². The molecule has 2 aliphatic rings. The number of fused-ring (bicyclic) bond motifs is 1. The van der Waals surface area contributed by atoms with Crippen LogP contribution in [-0.4, -0.2) is 27.9 Å². The van der Waals surface area contributed by atoms with E-state index in [0.717, 1.165) is 11.1 Å². The number of carbonyl (C=O) groups is 2. The third kappa shape index (κ3) is 2.30. The van der Waals surface area contributed by atoms with Gasteiger partial charge in [0.1, 0.15) is 5.82 Å². The van der Waals surface area contributed by atoms with E-state index in [9.17, 15) is 14.0 Å². The smallest absolute Gasteiger partial charge is 0.307 e. The maximum atomic E-state index is 13.3. The van der Waals surface area contributed by atoms with Gasteiger partial charge in [0.15, 0.2) is 0 Å². The van der Waals surface area contributed by atoms with Crippen LogP contribution in [0.3, 0.4) is 0 Å². The summed E-state index contributed by atoms with van der Waals surface area (Å²) in [7, 11) is 0. The fourth-order valence-corrected chi connectivity index (χ4v) is 3.45. The molecule has 4 atom stereocenters. The Balaban J connectivity index is 1.86. The normalized spacial score (nSPS) is 30.7. The van der Waals surface area contributed by atoms with Crippen molar-refractivity contribution in [3.8, 4) is 0 Å². The van der Waals surface area contributed by atoms with Gasteiger partial charge in [-0.1, -0.05) is 6.07 Å². The third-order valence-corrected chi connectivity index (χ3v) is 4.64. The molecular formula is C16H18FNO3. The molecule has 4 unspecified atom stereocenters. The Morgan fingerprint density at radius 2 is 2.00 bits per heavy atom. The summed E-state index contributed by atoms with van der Waals surface area (Å²) >= 11 is 0. The summed E-state index contributed by atoms with van der Waals surface area (Å²) in [5, 5.41) is 8.98. The fourth-order valence-electron chi connectivity index (χ4n) is 3.45. The molecule has 3 rings (SSSR count). The van der Waals surface area contributed by atoms with E-state index in [-0.39, 0.29) is 23.8 Å². The average Bonchev–Trinajstić information content (AvgIpc) is 3.18. The van der Waals surface area contributed by atoms with E-state index in [1.807, 2.05) is 13.8 Å². The summed E-state index contributed by atoms with van der Waals surface area (Å²) in [5.41, 5.74) is 1.89. The average molecular weight is 291 g/mol. The number of carboxylic acids is 1. The van der Waals surface area contributed by atoms with E-state index in [4.69, 9.17) is 5.11 Å². The van der Waals surface area contributed by atoms with Gasteiger partial charge in [0.05, 0.1) is 17.9 Å². The molecule has 112 valence electrons. The highest BCUT2D eigenvalue weighted by Gasteiger charge is 2.51. The zero-order valence-electron chi connectivity index (χ0n) is 12.0. The molecule has 1 aromatic carbocycles. The van der Waals surface area contributed by atoms with E-state index >= 15 is 0 Å². The molecule has 0 bridgehead atoms. The highest BCUT2D eigenvalue weighted by Crippen LogP contribution is 2.43. The first kappa shape index (κ1) is 14.0. The summed E-state index contributed by atoms with van der Waals surface area (Å²) in [6.07, 6.45) is 1.04. The third-order valence-electron chi connectivity index (χ3n) is 4.64. The van der Waals surface area contributed by atoms with Crippen molar-refractivity contribution >= 4 is 11.9 Å². The van der Waals surface area contributed by atoms with Gasteiger partial charge in [0, 0.05) is 6.04 Å². The minimum absolute atomic E-state index is 0.0446. The second-order valence-corrected chi connectivity index (χ2v) is 6.10. The van der Waals surface area contributed by atoms with Crippen LogP contribution in [0.15, 0.2) is 18.2 Å². The minimum atomic E-state index is -0.895. The molecule has 1 aromatic rings. The van der Waals surface area contributed by atoms with Crippen LogP contribution in [0.5, 0.6) is 0 Å². The van der Waals surface area contributed by atoms with Gasteiger partial charge in [-0.3, -0.25) is 9.59 Å². The van der Waals surface area contributed by atoms with Crippen molar-refractivity contribution in [2.45, 2.75) is 38.8 Å². The number of carboxylic acid groups (broad SMARTS) is 1. The molecule has 1 amide bonds. The zero-order valence-corrected chi connectivity index (χ0v) is 12.0. The number of amides is 1. The summed E-state index contributed by atoms with van der Waals surface area (Å²) in [6, 6.07) is 4.47. The minimum Gasteiger partial charge on any atom is -0.481 e. The number of benzene rings is 1. The molecule has 1 fully saturated rings. The maximum Gasteiger partial charge on any atom is 0.307 e. The van der Waals surface area contributed by atoms with E-state index in [1.165, 1.54) is 12.1 Å². The fraction of sp³-hybridized carbons (Fsp3) is 0.500. The second kappa shape index (κ2) is 4.83. The van der Waals surface area contributed by atoms with Gasteiger partial charge in [-0.2, -0.15) is 0 Å². The molecule has 5 heteroatoms. The van der Waals surface area contributed by atoms with E-state index < -0.39 is 17.8 Å². The van der Waals surface area contributed by atoms with Gasteiger partial charge in [-0.15, -0.1) is 0 Å². The van der Waals surface area contributed by atoms with Gasteiger partial charge in [0.2, 0.25) is 5.91 Å². The molecule has 0 aromatic heterocycles. The zero-order chi connectivity index (χ0) is 15.3. The Morgan fingerprint density at radius 1 is 1.29 bits per heavy atom. The molecule has 0 spiro atoms. The molecule has 21 heavy (non-hydrogen) atoms. The number of rotatable bonds is 2. The Hall–Kier alpha value is -1.91. The molecular weight excluding hydrogens is 273 g/mol. The lowest BCUT2D eigenvalue weighted by Crippen LogP contribution is -2.46. The van der Waals surface area contributed by atoms with E-state index in [2.05, 4.69) is 0 Å². The monoisotopic (exact) mass is 291 g/mol. The molecule has 1 saturated carbocycles. The van der Waals surface area contributed by atoms with Crippen molar-refractivity contribution in [3.63, 3.8) is 0 Å². The molecule has 1 aliphatic heterocycles. The highest BCUT2D eigenvalue weighted by atomic mass is 19.1. The topological polar surface area (TPSA) is 57.6 Å². The van der Waals surface area contributed by atoms with Crippen molar-refractivity contribution < 1.29 is 19.1 Å². The van der Waals surface area contributed by atoms with Crippen molar-refractivity contribution in [2.24, 2.45) is 11.8 Å². The van der Waals surface area contributed by atoms with Crippen LogP contribution in [0.25, 0.3) is 0 Å². The first-order valence-corrected chi connectivity index (χ1v) is 7.23. The van der Waals surface area contributed by atoms with Gasteiger partial charge < -0.3 is 10.0 Å². The molecule has 1 aliphatic carbocycles. The predicted octanol–water partition coefficient (Wildman–Crippen LogP) is 2.38. The number of aliphatic carboxylic acids is 1. The SMILES string of the molecule is CC1Cc2cc(F)ccc2C(C)N1C(=O)C1CC1C(=O)O. The summed E-state index contributed by atoms with van der Waals surface area (Å²) < 4.78 is 13.3. The number of carbonyl (C=O) groups excluding carboxylic acids is 1. The van der Waals surface area contributed by atoms with Crippen LogP contribution in [0.2, 0.25) is 0 Å². The van der Waals surface area contributed by atoms with Crippen molar-refractivity contribution in [2.75, 3.05) is 0 Å². The first-order chi connectivity index (χ1) is 9.90. The van der Waals surface area contributed by atoms with Crippen LogP contribution in [-0.2, 0) is 16.0 Å². The number of halogens is 1. The van der Waals surface area contributed by atoms with Crippen molar-refractivity contribution in [1.82, 2.24) is 4.90 Å². The molecule has 1 N–H and O–H groups in total. The molecule has 4 nitrogen and oxygen atoms in total. The lowest BCUT2D eigenvalue weighted by atomic mass is 9.89. The van der Waals surface area contributed by atoms with Gasteiger partial charge in [-0.25, -0.2) is 4.39 Å². The molecule has 0 radical (unpaired) electrons. The number of hydrogen-bond donors (Lipinski definition) is 1. The standard InChI is InChI=1S/C16H18FNO3/c1-8-5-10-6-11(17)3-4-12(10)9(2)18(8)15(19)13-7-14(13)16(20)21/h3-4,6,8-9,13-14H,5,7H2,1-2H3,(H,20,21). The summed E-state index contributed by atoms with van der Waals surface area (Å²) in [4.78, 5) is 25.3. The van der Waals surface area contributed by atoms with Crippen LogP contribution in [0, 0.1) is 17.7 Å². The van der Waals surface area contributed by atoms with Gasteiger partial charge >= 0.3 is 5.97 Å². The Kier molecular flexibility index (Phi) is 3.23. The van der Waals surface area contributed by atoms with Gasteiger partial charge in [-0.05, 0) is 49.9 Å². The van der Waals surface area contributed by atoms with Crippen molar-refractivity contribution in [1.29, 1.82) is 0 Å². The Labute approximate surface area is 122 Å². The quantitative estimate of drug-likeness (QED) is 0.910. The predicted molar refractivity (Wildman–Crippen MR) is 74.1 cm³/mol. The second-order valence-electron chi connectivity index (χ2n) is 6.10. The van der Waals surface area contributed by atoms with Crippen LogP contribution in [0.4, 0.5) is 4.39 Å². The number of hydrogen-bond acceptors (Lipinski definition) is 2. The lowest BCUT2D eigenvalue weighted by molar-refractivity contribution is -0.144. The molecule has 0 saturated heterocycles. The maximum absolute atomic E-state index is 13.3. The van der Waals surface area contributed by atoms with Crippen LogP contribution in [0.1, 0.15) is 37.4 Å². The van der Waals surface area contributed by atoms with E-state index in [1.54, 1.807) is 11.0 Å². The summed E-state index contributed by atoms with van der Waals surface area (Å²) in [5.74, 6) is -2.17. The first-order valence-electron chi connectivity index (χ1n) is 7.23. The summed E-state index contributed by atoms with van der Waals surface area (Å²) in [6.45, 7) is 3.85. The van der Waals surface area contributed by atoms with Crippen LogP contribution >= 0.6 is 0 Å². The Morgan fingerprint density at radius 3 is 2.62 bits per heavy atom.